The van der Waals surface area contributed by atoms with Crippen LogP contribution in [0.2, 0.25) is 0 Å². The summed E-state index contributed by atoms with van der Waals surface area (Å²) in [6, 6.07) is 4.20. The topological polar surface area (TPSA) is 47.6 Å². The van der Waals surface area contributed by atoms with Crippen molar-refractivity contribution in [2.45, 2.75) is 34.2 Å². The van der Waals surface area contributed by atoms with E-state index in [1.165, 1.54) is 12.7 Å². The molecule has 0 aliphatic heterocycles. The van der Waals surface area contributed by atoms with E-state index in [4.69, 9.17) is 9.47 Å². The fraction of sp³-hybridized carbons (Fsp3) is 0.562. The Morgan fingerprint density at radius 3 is 2.25 bits per heavy atom. The average Bonchev–Trinajstić information content (AvgIpc) is 2.37. The largest absolute Gasteiger partial charge is 0.492 e. The van der Waals surface area contributed by atoms with Gasteiger partial charge >= 0.3 is 5.97 Å². The Balaban J connectivity index is 2.86. The number of benzene rings is 1. The molecule has 20 heavy (non-hydrogen) atoms. The van der Waals surface area contributed by atoms with E-state index in [1.54, 1.807) is 0 Å². The summed E-state index contributed by atoms with van der Waals surface area (Å²) in [6.45, 7) is 8.80. The molecule has 0 unspecified atom stereocenters. The second-order valence-corrected chi connectivity index (χ2v) is 5.75. The van der Waals surface area contributed by atoms with Crippen molar-refractivity contribution >= 4 is 5.97 Å². The summed E-state index contributed by atoms with van der Waals surface area (Å²) in [4.78, 5) is 11.7. The molecular formula is C16H25NO3. The molecule has 0 saturated heterocycles. The van der Waals surface area contributed by atoms with Crippen molar-refractivity contribution in [2.24, 2.45) is 5.41 Å². The number of esters is 1. The van der Waals surface area contributed by atoms with Gasteiger partial charge in [0.25, 0.3) is 0 Å². The fourth-order valence-corrected chi connectivity index (χ4v) is 2.16. The van der Waals surface area contributed by atoms with Crippen molar-refractivity contribution < 1.29 is 14.3 Å². The van der Waals surface area contributed by atoms with Crippen molar-refractivity contribution in [1.82, 2.24) is 5.32 Å². The molecule has 0 atom stereocenters. The Hall–Kier alpha value is -1.55. The number of rotatable bonds is 6. The van der Waals surface area contributed by atoms with Crippen LogP contribution in [0.4, 0.5) is 0 Å². The smallest absolute Gasteiger partial charge is 0.314 e. The Bertz CT molecular complexity index is 458. The Kier molecular flexibility index (Phi) is 5.57. The first kappa shape index (κ1) is 16.5. The number of hydrogen-bond donors (Lipinski definition) is 1. The highest BCUT2D eigenvalue weighted by Gasteiger charge is 2.30. The van der Waals surface area contributed by atoms with Crippen molar-refractivity contribution in [2.75, 3.05) is 20.8 Å². The van der Waals surface area contributed by atoms with Crippen LogP contribution in [-0.4, -0.2) is 26.7 Å². The Labute approximate surface area is 121 Å². The second-order valence-electron chi connectivity index (χ2n) is 5.75. The number of carbonyl (C=O) groups is 1. The van der Waals surface area contributed by atoms with Crippen LogP contribution in [0, 0.1) is 19.3 Å². The van der Waals surface area contributed by atoms with Gasteiger partial charge in [0.05, 0.1) is 12.5 Å². The Morgan fingerprint density at radius 2 is 1.80 bits per heavy atom. The molecule has 0 saturated carbocycles. The summed E-state index contributed by atoms with van der Waals surface area (Å²) in [6.07, 6.45) is 0. The lowest BCUT2D eigenvalue weighted by atomic mass is 9.95. The summed E-state index contributed by atoms with van der Waals surface area (Å²) < 4.78 is 10.7. The predicted molar refractivity (Wildman–Crippen MR) is 80.0 cm³/mol. The van der Waals surface area contributed by atoms with Crippen molar-refractivity contribution in [1.29, 1.82) is 0 Å². The molecule has 0 aliphatic carbocycles. The minimum Gasteiger partial charge on any atom is -0.492 e. The number of ether oxygens (including phenoxy) is 2. The van der Waals surface area contributed by atoms with Crippen LogP contribution in [0.15, 0.2) is 12.1 Å². The third-order valence-corrected chi connectivity index (χ3v) is 3.22. The second kappa shape index (κ2) is 6.75. The highest BCUT2D eigenvalue weighted by molar-refractivity contribution is 5.75. The zero-order valence-corrected chi connectivity index (χ0v) is 13.3. The molecule has 1 aromatic carbocycles. The van der Waals surface area contributed by atoms with Crippen LogP contribution in [0.25, 0.3) is 0 Å². The maximum Gasteiger partial charge on any atom is 0.314 e. The van der Waals surface area contributed by atoms with E-state index in [9.17, 15) is 4.79 Å². The van der Waals surface area contributed by atoms with Gasteiger partial charge in [0.2, 0.25) is 0 Å². The highest BCUT2D eigenvalue weighted by atomic mass is 16.5. The molecule has 4 heteroatoms. The van der Waals surface area contributed by atoms with Gasteiger partial charge < -0.3 is 14.8 Å². The van der Waals surface area contributed by atoms with Gasteiger partial charge in [-0.05, 0) is 51.4 Å². The van der Waals surface area contributed by atoms with Crippen LogP contribution in [-0.2, 0) is 16.1 Å². The van der Waals surface area contributed by atoms with E-state index in [2.05, 4.69) is 17.4 Å². The van der Waals surface area contributed by atoms with Gasteiger partial charge in [-0.25, -0.2) is 0 Å². The quantitative estimate of drug-likeness (QED) is 0.813. The molecule has 1 N–H and O–H groups in total. The van der Waals surface area contributed by atoms with E-state index in [0.29, 0.717) is 6.61 Å². The molecular weight excluding hydrogens is 254 g/mol. The zero-order valence-electron chi connectivity index (χ0n) is 13.3. The minimum absolute atomic E-state index is 0.264. The molecule has 112 valence electrons. The summed E-state index contributed by atoms with van der Waals surface area (Å²) in [5, 5.41) is 3.13. The number of aryl methyl sites for hydroxylation is 2. The molecule has 1 rings (SSSR count). The van der Waals surface area contributed by atoms with Crippen LogP contribution >= 0.6 is 0 Å². The first-order valence-corrected chi connectivity index (χ1v) is 6.77. The van der Waals surface area contributed by atoms with Gasteiger partial charge in [-0.2, -0.15) is 0 Å². The lowest BCUT2D eigenvalue weighted by Gasteiger charge is -2.23. The van der Waals surface area contributed by atoms with Crippen molar-refractivity contribution in [3.8, 4) is 5.75 Å². The lowest BCUT2D eigenvalue weighted by Crippen LogP contribution is -2.32. The number of carbonyl (C=O) groups excluding carboxylic acids is 1. The first-order valence-electron chi connectivity index (χ1n) is 6.77. The maximum absolute atomic E-state index is 11.7. The monoisotopic (exact) mass is 279 g/mol. The molecule has 0 radical (unpaired) electrons. The molecule has 0 aromatic heterocycles. The number of nitrogens with one attached hydrogen (secondary N) is 1. The van der Waals surface area contributed by atoms with Gasteiger partial charge in [0, 0.05) is 6.54 Å². The standard InChI is InChI=1S/C16H25NO3/c1-11-7-13(9-17-5)8-12(2)14(11)20-10-16(3,4)15(18)19-6/h7-8,17H,9-10H2,1-6H3. The summed E-state index contributed by atoms with van der Waals surface area (Å²) in [7, 11) is 3.32. The van der Waals surface area contributed by atoms with Gasteiger partial charge in [0.1, 0.15) is 12.4 Å². The van der Waals surface area contributed by atoms with Gasteiger partial charge in [-0.1, -0.05) is 12.1 Å². The van der Waals surface area contributed by atoms with E-state index in [0.717, 1.165) is 23.4 Å². The third kappa shape index (κ3) is 3.97. The zero-order chi connectivity index (χ0) is 15.3. The van der Waals surface area contributed by atoms with Crippen molar-refractivity contribution in [3.63, 3.8) is 0 Å². The van der Waals surface area contributed by atoms with Gasteiger partial charge in [-0.3, -0.25) is 4.79 Å². The van der Waals surface area contributed by atoms with Crippen LogP contribution < -0.4 is 10.1 Å². The molecule has 0 fully saturated rings. The summed E-state index contributed by atoms with van der Waals surface area (Å²) >= 11 is 0. The maximum atomic E-state index is 11.7. The number of methoxy groups -OCH3 is 1. The molecule has 0 heterocycles. The van der Waals surface area contributed by atoms with Crippen LogP contribution in [0.3, 0.4) is 0 Å². The highest BCUT2D eigenvalue weighted by Crippen LogP contribution is 2.27. The van der Waals surface area contributed by atoms with Crippen LogP contribution in [0.5, 0.6) is 5.75 Å². The van der Waals surface area contributed by atoms with E-state index in [1.807, 2.05) is 34.7 Å². The molecule has 0 bridgehead atoms. The molecule has 0 aliphatic rings. The fourth-order valence-electron chi connectivity index (χ4n) is 2.16. The van der Waals surface area contributed by atoms with E-state index >= 15 is 0 Å². The summed E-state index contributed by atoms with van der Waals surface area (Å²) in [5.41, 5.74) is 2.73. The van der Waals surface area contributed by atoms with E-state index < -0.39 is 5.41 Å². The molecule has 0 spiro atoms. The van der Waals surface area contributed by atoms with E-state index in [-0.39, 0.29) is 5.97 Å². The Morgan fingerprint density at radius 1 is 1.25 bits per heavy atom. The average molecular weight is 279 g/mol. The molecule has 1 aromatic rings. The third-order valence-electron chi connectivity index (χ3n) is 3.22. The lowest BCUT2D eigenvalue weighted by molar-refractivity contribution is -0.152. The normalized spacial score (nSPS) is 11.3. The minimum atomic E-state index is -0.655. The molecule has 0 amide bonds. The van der Waals surface area contributed by atoms with Gasteiger partial charge in [0.15, 0.2) is 0 Å². The van der Waals surface area contributed by atoms with Crippen LogP contribution in [0.1, 0.15) is 30.5 Å². The summed E-state index contributed by atoms with van der Waals surface area (Å²) in [5.74, 6) is 0.585. The van der Waals surface area contributed by atoms with Gasteiger partial charge in [-0.15, -0.1) is 0 Å². The molecule has 4 nitrogen and oxygen atoms in total. The number of hydrogen-bond acceptors (Lipinski definition) is 4. The van der Waals surface area contributed by atoms with Crippen molar-refractivity contribution in [3.05, 3.63) is 28.8 Å². The SMILES string of the molecule is CNCc1cc(C)c(OCC(C)(C)C(=O)OC)c(C)c1. The predicted octanol–water partition coefficient (Wildman–Crippen LogP) is 2.60. The first-order chi connectivity index (χ1) is 9.31.